The first-order valence-electron chi connectivity index (χ1n) is 5.90. The van der Waals surface area contributed by atoms with Crippen LogP contribution in [0.1, 0.15) is 22.5 Å². The third-order valence-corrected chi connectivity index (χ3v) is 3.06. The van der Waals surface area contributed by atoms with Crippen LogP contribution in [-0.4, -0.2) is 16.6 Å². The number of aryl methyl sites for hydroxylation is 2. The zero-order valence-corrected chi connectivity index (χ0v) is 10.7. The molecule has 0 aliphatic heterocycles. The molecule has 2 aromatic rings. The summed E-state index contributed by atoms with van der Waals surface area (Å²) in [4.78, 5) is 4.36. The maximum atomic E-state index is 4.36. The van der Waals surface area contributed by atoms with Gasteiger partial charge in [0.1, 0.15) is 5.82 Å². The van der Waals surface area contributed by atoms with Gasteiger partial charge in [0.05, 0.1) is 0 Å². The van der Waals surface area contributed by atoms with Crippen molar-refractivity contribution < 1.29 is 0 Å². The van der Waals surface area contributed by atoms with E-state index in [1.807, 2.05) is 26.5 Å². The van der Waals surface area contributed by atoms with Crippen molar-refractivity contribution in [1.29, 1.82) is 0 Å². The Kier molecular flexibility index (Phi) is 3.59. The third kappa shape index (κ3) is 2.74. The van der Waals surface area contributed by atoms with Gasteiger partial charge in [0, 0.05) is 32.4 Å². The largest absolute Gasteiger partial charge is 0.338 e. The molecular weight excluding hydrogens is 210 g/mol. The third-order valence-electron chi connectivity index (χ3n) is 3.06. The Morgan fingerprint density at radius 3 is 2.76 bits per heavy atom. The molecule has 1 aromatic carbocycles. The maximum Gasteiger partial charge on any atom is 0.112 e. The highest BCUT2D eigenvalue weighted by atomic mass is 15.0. The predicted molar refractivity (Wildman–Crippen MR) is 70.0 cm³/mol. The molecule has 0 bridgehead atoms. The zero-order valence-electron chi connectivity index (χ0n) is 10.7. The van der Waals surface area contributed by atoms with Crippen LogP contribution in [0.3, 0.4) is 0 Å². The number of nitrogens with zero attached hydrogens (tertiary/aromatic N) is 2. The van der Waals surface area contributed by atoms with Crippen molar-refractivity contribution in [2.75, 3.05) is 7.05 Å². The quantitative estimate of drug-likeness (QED) is 0.869. The molecular formula is C14H19N3. The predicted octanol–water partition coefficient (Wildman–Crippen LogP) is 2.04. The first kappa shape index (κ1) is 11.9. The molecule has 0 saturated heterocycles. The highest BCUT2D eigenvalue weighted by molar-refractivity contribution is 5.33. The fourth-order valence-electron chi connectivity index (χ4n) is 2.01. The lowest BCUT2D eigenvalue weighted by Crippen LogP contribution is -2.06. The van der Waals surface area contributed by atoms with Gasteiger partial charge in [0.25, 0.3) is 0 Å². The summed E-state index contributed by atoms with van der Waals surface area (Å²) in [7, 11) is 4.00. The molecule has 90 valence electrons. The van der Waals surface area contributed by atoms with Crippen LogP contribution in [0.4, 0.5) is 0 Å². The van der Waals surface area contributed by atoms with Crippen LogP contribution in [0, 0.1) is 6.92 Å². The van der Waals surface area contributed by atoms with Crippen molar-refractivity contribution >= 4 is 0 Å². The molecule has 1 N–H and O–H groups in total. The Labute approximate surface area is 103 Å². The smallest absolute Gasteiger partial charge is 0.112 e. The van der Waals surface area contributed by atoms with Crippen molar-refractivity contribution in [3.05, 3.63) is 53.1 Å². The first-order valence-corrected chi connectivity index (χ1v) is 5.90. The summed E-state index contributed by atoms with van der Waals surface area (Å²) in [6.45, 7) is 3.08. The number of imidazole rings is 1. The number of nitrogens with one attached hydrogen (secondary N) is 1. The fourth-order valence-corrected chi connectivity index (χ4v) is 2.01. The van der Waals surface area contributed by atoms with Crippen LogP contribution in [0.5, 0.6) is 0 Å². The van der Waals surface area contributed by atoms with Crippen molar-refractivity contribution in [1.82, 2.24) is 14.9 Å². The van der Waals surface area contributed by atoms with E-state index in [1.54, 1.807) is 0 Å². The molecule has 3 nitrogen and oxygen atoms in total. The van der Waals surface area contributed by atoms with Gasteiger partial charge in [0.2, 0.25) is 0 Å². The molecule has 0 aliphatic rings. The van der Waals surface area contributed by atoms with Gasteiger partial charge in [-0.2, -0.15) is 0 Å². The second-order valence-corrected chi connectivity index (χ2v) is 4.42. The van der Waals surface area contributed by atoms with Crippen LogP contribution < -0.4 is 5.32 Å². The molecule has 0 fully saturated rings. The lowest BCUT2D eigenvalue weighted by atomic mass is 10.0. The van der Waals surface area contributed by atoms with Gasteiger partial charge in [-0.25, -0.2) is 4.98 Å². The van der Waals surface area contributed by atoms with Gasteiger partial charge in [-0.1, -0.05) is 18.2 Å². The van der Waals surface area contributed by atoms with Crippen LogP contribution in [0.25, 0.3) is 0 Å². The summed E-state index contributed by atoms with van der Waals surface area (Å²) < 4.78 is 2.07. The Bertz CT molecular complexity index is 500. The van der Waals surface area contributed by atoms with E-state index in [4.69, 9.17) is 0 Å². The van der Waals surface area contributed by atoms with E-state index in [9.17, 15) is 0 Å². The van der Waals surface area contributed by atoms with Gasteiger partial charge < -0.3 is 9.88 Å². The molecule has 0 aliphatic carbocycles. The topological polar surface area (TPSA) is 29.9 Å². The van der Waals surface area contributed by atoms with Gasteiger partial charge in [-0.15, -0.1) is 0 Å². The minimum Gasteiger partial charge on any atom is -0.338 e. The Hall–Kier alpha value is -1.61. The Morgan fingerprint density at radius 2 is 2.18 bits per heavy atom. The van der Waals surface area contributed by atoms with E-state index in [1.165, 1.54) is 16.7 Å². The second-order valence-electron chi connectivity index (χ2n) is 4.42. The molecule has 1 heterocycles. The normalized spacial score (nSPS) is 10.8. The summed E-state index contributed by atoms with van der Waals surface area (Å²) in [6.07, 6.45) is 4.73. The van der Waals surface area contributed by atoms with E-state index in [2.05, 4.69) is 40.0 Å². The van der Waals surface area contributed by atoms with E-state index < -0.39 is 0 Å². The van der Waals surface area contributed by atoms with Crippen molar-refractivity contribution in [2.45, 2.75) is 19.9 Å². The Morgan fingerprint density at radius 1 is 1.35 bits per heavy atom. The molecule has 0 unspecified atom stereocenters. The molecule has 0 amide bonds. The molecule has 1 aromatic heterocycles. The van der Waals surface area contributed by atoms with Crippen LogP contribution >= 0.6 is 0 Å². The average molecular weight is 229 g/mol. The summed E-state index contributed by atoms with van der Waals surface area (Å²) >= 11 is 0. The molecule has 0 atom stereocenters. The van der Waals surface area contributed by atoms with Gasteiger partial charge >= 0.3 is 0 Å². The molecule has 3 heteroatoms. The summed E-state index contributed by atoms with van der Waals surface area (Å²) in [6, 6.07) is 6.63. The first-order chi connectivity index (χ1) is 8.20. The lowest BCUT2D eigenvalue weighted by molar-refractivity contribution is 0.808. The highest BCUT2D eigenvalue weighted by Crippen LogP contribution is 2.14. The number of hydrogen-bond acceptors (Lipinski definition) is 2. The standard InChI is InChI=1S/C14H19N3/c1-11-8-12(10-15-2)4-5-13(11)9-14-16-6-7-17(14)3/h4-8,15H,9-10H2,1-3H3. The minimum atomic E-state index is 0.898. The van der Waals surface area contributed by atoms with Gasteiger partial charge in [-0.3, -0.25) is 0 Å². The summed E-state index contributed by atoms with van der Waals surface area (Å²) in [5, 5.41) is 3.17. The monoisotopic (exact) mass is 229 g/mol. The zero-order chi connectivity index (χ0) is 12.3. The van der Waals surface area contributed by atoms with Crippen molar-refractivity contribution in [3.8, 4) is 0 Å². The van der Waals surface area contributed by atoms with Crippen molar-refractivity contribution in [3.63, 3.8) is 0 Å². The Balaban J connectivity index is 2.19. The van der Waals surface area contributed by atoms with Crippen LogP contribution in [0.2, 0.25) is 0 Å². The fraction of sp³-hybridized carbons (Fsp3) is 0.357. The molecule has 17 heavy (non-hydrogen) atoms. The summed E-state index contributed by atoms with van der Waals surface area (Å²) in [5.74, 6) is 1.11. The van der Waals surface area contributed by atoms with Crippen LogP contribution in [0.15, 0.2) is 30.6 Å². The molecule has 2 rings (SSSR count). The number of rotatable bonds is 4. The lowest BCUT2D eigenvalue weighted by Gasteiger charge is -2.08. The van der Waals surface area contributed by atoms with Crippen LogP contribution in [-0.2, 0) is 20.0 Å². The maximum absolute atomic E-state index is 4.36. The van der Waals surface area contributed by atoms with Gasteiger partial charge in [-0.05, 0) is 30.7 Å². The van der Waals surface area contributed by atoms with E-state index >= 15 is 0 Å². The molecule has 0 radical (unpaired) electrons. The highest BCUT2D eigenvalue weighted by Gasteiger charge is 2.04. The number of aromatic nitrogens is 2. The van der Waals surface area contributed by atoms with Gasteiger partial charge in [0.15, 0.2) is 0 Å². The van der Waals surface area contributed by atoms with E-state index in [0.717, 1.165) is 18.8 Å². The van der Waals surface area contributed by atoms with E-state index in [-0.39, 0.29) is 0 Å². The minimum absolute atomic E-state index is 0.898. The van der Waals surface area contributed by atoms with E-state index in [0.29, 0.717) is 0 Å². The van der Waals surface area contributed by atoms with Crippen molar-refractivity contribution in [2.24, 2.45) is 7.05 Å². The molecule has 0 spiro atoms. The molecule has 0 saturated carbocycles. The number of hydrogen-bond donors (Lipinski definition) is 1. The second kappa shape index (κ2) is 5.15. The SMILES string of the molecule is CNCc1ccc(Cc2nccn2C)c(C)c1. The average Bonchev–Trinajstić information content (AvgIpc) is 2.69. The summed E-state index contributed by atoms with van der Waals surface area (Å²) in [5.41, 5.74) is 4.01. The number of benzene rings is 1.